The predicted molar refractivity (Wildman–Crippen MR) is 137 cm³/mol. The molecule has 0 amide bonds. The van der Waals surface area contributed by atoms with Crippen molar-refractivity contribution in [3.05, 3.63) is 112 Å². The fraction of sp³-hybridized carbons (Fsp3) is 0.0357. The fourth-order valence-electron chi connectivity index (χ4n) is 4.18. The molecule has 0 aliphatic rings. The summed E-state index contributed by atoms with van der Waals surface area (Å²) in [7, 11) is 0. The third-order valence-corrected chi connectivity index (χ3v) is 6.20. The molecule has 2 heterocycles. The van der Waals surface area contributed by atoms with Crippen molar-refractivity contribution in [2.24, 2.45) is 0 Å². The zero-order chi connectivity index (χ0) is 23.1. The first-order chi connectivity index (χ1) is 16.7. The minimum absolute atomic E-state index is 0.488. The van der Waals surface area contributed by atoms with Crippen molar-refractivity contribution in [3.63, 3.8) is 0 Å². The van der Waals surface area contributed by atoms with Gasteiger partial charge in [-0.05, 0) is 23.8 Å². The molecule has 0 N–H and O–H groups in total. The lowest BCUT2D eigenvalue weighted by Crippen LogP contribution is -2.04. The monoisotopic (exact) mass is 481 g/mol. The van der Waals surface area contributed by atoms with Crippen LogP contribution in [-0.4, -0.2) is 15.0 Å². The number of halogens is 2. The normalized spacial score (nSPS) is 11.4. The summed E-state index contributed by atoms with van der Waals surface area (Å²) in [5, 5.41) is 2.89. The standard InChI is InChI=1S/C28H17Cl2N3O/c29-20-15-21-25-19(12-7-13-23(25)34-26(21)22(30)16-20)14-24-31-27(17-8-3-1-4-9-17)33-28(32-24)18-10-5-2-6-11-18/h1-13,15-16H,14H2. The van der Waals surface area contributed by atoms with Gasteiger partial charge >= 0.3 is 0 Å². The lowest BCUT2D eigenvalue weighted by atomic mass is 10.0. The van der Waals surface area contributed by atoms with E-state index in [0.29, 0.717) is 39.5 Å². The molecule has 0 aliphatic heterocycles. The Kier molecular flexibility index (Phi) is 5.25. The largest absolute Gasteiger partial charge is 0.454 e. The van der Waals surface area contributed by atoms with Gasteiger partial charge in [-0.25, -0.2) is 15.0 Å². The Labute approximate surface area is 205 Å². The Balaban J connectivity index is 1.53. The maximum Gasteiger partial charge on any atom is 0.163 e. The van der Waals surface area contributed by atoms with Crippen LogP contribution in [0, 0.1) is 0 Å². The minimum Gasteiger partial charge on any atom is -0.454 e. The molecule has 34 heavy (non-hydrogen) atoms. The second kappa shape index (κ2) is 8.56. The summed E-state index contributed by atoms with van der Waals surface area (Å²) >= 11 is 12.7. The summed E-state index contributed by atoms with van der Waals surface area (Å²) < 4.78 is 6.06. The predicted octanol–water partition coefficient (Wildman–Crippen LogP) is 8.00. The minimum atomic E-state index is 0.488. The van der Waals surface area contributed by atoms with E-state index in [1.165, 1.54) is 0 Å². The molecule has 6 aromatic rings. The summed E-state index contributed by atoms with van der Waals surface area (Å²) in [4.78, 5) is 14.4. The van der Waals surface area contributed by atoms with Crippen molar-refractivity contribution in [2.45, 2.75) is 6.42 Å². The smallest absolute Gasteiger partial charge is 0.163 e. The topological polar surface area (TPSA) is 51.8 Å². The maximum absolute atomic E-state index is 6.41. The molecule has 0 radical (unpaired) electrons. The number of furan rings is 1. The number of aromatic nitrogens is 3. The zero-order valence-corrected chi connectivity index (χ0v) is 19.4. The van der Waals surface area contributed by atoms with Gasteiger partial charge in [0.1, 0.15) is 11.4 Å². The number of hydrogen-bond acceptors (Lipinski definition) is 4. The van der Waals surface area contributed by atoms with Gasteiger partial charge in [0.15, 0.2) is 17.2 Å². The molecule has 0 bridgehead atoms. The average Bonchev–Trinajstić information content (AvgIpc) is 3.25. The van der Waals surface area contributed by atoms with Crippen LogP contribution >= 0.6 is 23.2 Å². The van der Waals surface area contributed by atoms with Gasteiger partial charge in [0.05, 0.1) is 5.02 Å². The van der Waals surface area contributed by atoms with E-state index < -0.39 is 0 Å². The molecule has 0 spiro atoms. The number of fused-ring (bicyclic) bond motifs is 3. The van der Waals surface area contributed by atoms with Gasteiger partial charge < -0.3 is 4.42 Å². The number of rotatable bonds is 4. The van der Waals surface area contributed by atoms with Gasteiger partial charge in [-0.2, -0.15) is 0 Å². The lowest BCUT2D eigenvalue weighted by Gasteiger charge is -2.09. The lowest BCUT2D eigenvalue weighted by molar-refractivity contribution is 0.669. The van der Waals surface area contributed by atoms with Gasteiger partial charge in [-0.15, -0.1) is 0 Å². The van der Waals surface area contributed by atoms with Crippen molar-refractivity contribution in [3.8, 4) is 22.8 Å². The Morgan fingerprint density at radius 2 is 1.32 bits per heavy atom. The van der Waals surface area contributed by atoms with Gasteiger partial charge in [0, 0.05) is 33.3 Å². The van der Waals surface area contributed by atoms with Crippen LogP contribution in [0.5, 0.6) is 0 Å². The molecule has 164 valence electrons. The summed E-state index contributed by atoms with van der Waals surface area (Å²) in [6.07, 6.45) is 0.498. The molecular formula is C28H17Cl2N3O. The van der Waals surface area contributed by atoms with Crippen molar-refractivity contribution in [2.75, 3.05) is 0 Å². The molecule has 4 nitrogen and oxygen atoms in total. The number of benzene rings is 4. The summed E-state index contributed by atoms with van der Waals surface area (Å²) in [5.41, 5.74) is 4.28. The van der Waals surface area contributed by atoms with Crippen LogP contribution in [0.3, 0.4) is 0 Å². The first kappa shape index (κ1) is 20.8. The molecule has 0 saturated heterocycles. The van der Waals surface area contributed by atoms with Gasteiger partial charge in [-0.1, -0.05) is 96.0 Å². The second-order valence-electron chi connectivity index (χ2n) is 7.96. The molecule has 0 saturated carbocycles. The first-order valence-electron chi connectivity index (χ1n) is 10.8. The highest BCUT2D eigenvalue weighted by molar-refractivity contribution is 6.39. The van der Waals surface area contributed by atoms with Crippen molar-refractivity contribution < 1.29 is 4.42 Å². The number of hydrogen-bond donors (Lipinski definition) is 0. The number of nitrogens with zero attached hydrogens (tertiary/aromatic N) is 3. The summed E-state index contributed by atoms with van der Waals surface area (Å²) in [6, 6.07) is 29.4. The fourth-order valence-corrected chi connectivity index (χ4v) is 4.71. The van der Waals surface area contributed by atoms with E-state index in [4.69, 9.17) is 42.6 Å². The summed E-state index contributed by atoms with van der Waals surface area (Å²) in [6.45, 7) is 0. The highest BCUT2D eigenvalue weighted by atomic mass is 35.5. The molecule has 0 unspecified atom stereocenters. The van der Waals surface area contributed by atoms with Crippen molar-refractivity contribution in [1.82, 2.24) is 15.0 Å². The van der Waals surface area contributed by atoms with Crippen LogP contribution in [0.4, 0.5) is 0 Å². The Morgan fingerprint density at radius 1 is 0.676 bits per heavy atom. The van der Waals surface area contributed by atoms with E-state index >= 15 is 0 Å². The van der Waals surface area contributed by atoms with Crippen LogP contribution < -0.4 is 0 Å². The van der Waals surface area contributed by atoms with E-state index in [1.54, 1.807) is 6.07 Å². The Hall–Kier alpha value is -3.73. The Bertz CT molecular complexity index is 1590. The first-order valence-corrected chi connectivity index (χ1v) is 11.6. The third-order valence-electron chi connectivity index (χ3n) is 5.70. The van der Waals surface area contributed by atoms with Gasteiger partial charge in [-0.3, -0.25) is 0 Å². The molecule has 0 atom stereocenters. The van der Waals surface area contributed by atoms with E-state index in [-0.39, 0.29) is 0 Å². The van der Waals surface area contributed by atoms with E-state index in [2.05, 4.69) is 6.07 Å². The van der Waals surface area contributed by atoms with Gasteiger partial charge in [0.25, 0.3) is 0 Å². The molecule has 2 aromatic heterocycles. The summed E-state index contributed by atoms with van der Waals surface area (Å²) in [5.74, 6) is 1.95. The van der Waals surface area contributed by atoms with Crippen LogP contribution in [0.1, 0.15) is 11.4 Å². The zero-order valence-electron chi connectivity index (χ0n) is 17.9. The average molecular weight is 482 g/mol. The van der Waals surface area contributed by atoms with Gasteiger partial charge in [0.2, 0.25) is 0 Å². The molecule has 0 aliphatic carbocycles. The van der Waals surface area contributed by atoms with Crippen LogP contribution in [0.2, 0.25) is 10.0 Å². The second-order valence-corrected chi connectivity index (χ2v) is 8.81. The van der Waals surface area contributed by atoms with E-state index in [0.717, 1.165) is 33.0 Å². The third kappa shape index (κ3) is 3.81. The molecule has 6 rings (SSSR count). The van der Waals surface area contributed by atoms with Crippen LogP contribution in [-0.2, 0) is 6.42 Å². The molecule has 6 heteroatoms. The van der Waals surface area contributed by atoms with Crippen LogP contribution in [0.25, 0.3) is 44.7 Å². The highest BCUT2D eigenvalue weighted by Gasteiger charge is 2.17. The van der Waals surface area contributed by atoms with E-state index in [9.17, 15) is 0 Å². The quantitative estimate of drug-likeness (QED) is 0.255. The Morgan fingerprint density at radius 3 is 1.97 bits per heavy atom. The molecule has 0 fully saturated rings. The maximum atomic E-state index is 6.41. The van der Waals surface area contributed by atoms with E-state index in [1.807, 2.05) is 78.9 Å². The van der Waals surface area contributed by atoms with Crippen molar-refractivity contribution in [1.29, 1.82) is 0 Å². The highest BCUT2D eigenvalue weighted by Crippen LogP contribution is 2.38. The van der Waals surface area contributed by atoms with Crippen molar-refractivity contribution >= 4 is 45.1 Å². The van der Waals surface area contributed by atoms with Crippen LogP contribution in [0.15, 0.2) is 95.4 Å². The SMILES string of the molecule is Clc1cc(Cl)c2oc3cccc(Cc4nc(-c5ccccc5)nc(-c5ccccc5)n4)c3c2c1. The molecule has 4 aromatic carbocycles. The molecular weight excluding hydrogens is 465 g/mol.